The number of hydrogen-bond donors (Lipinski definition) is 0. The monoisotopic (exact) mass is 509 g/mol. The van der Waals surface area contributed by atoms with Crippen molar-refractivity contribution in [2.75, 3.05) is 50.8 Å². The third-order valence-electron chi connectivity index (χ3n) is 6.74. The van der Waals surface area contributed by atoms with Crippen molar-refractivity contribution in [1.82, 2.24) is 9.80 Å². The first-order valence-corrected chi connectivity index (χ1v) is 13.3. The van der Waals surface area contributed by atoms with Crippen molar-refractivity contribution in [2.24, 2.45) is 0 Å². The highest BCUT2D eigenvalue weighted by Gasteiger charge is 2.24. The summed E-state index contributed by atoms with van der Waals surface area (Å²) in [6.07, 6.45) is 0. The third-order valence-corrected chi connectivity index (χ3v) is 6.74. The van der Waals surface area contributed by atoms with Crippen molar-refractivity contribution in [3.63, 3.8) is 0 Å². The third kappa shape index (κ3) is 6.36. The van der Waals surface area contributed by atoms with Crippen LogP contribution in [-0.4, -0.2) is 67.5 Å². The molecule has 3 aromatic rings. The fourth-order valence-corrected chi connectivity index (χ4v) is 4.59. The van der Waals surface area contributed by atoms with Crippen LogP contribution in [0.5, 0.6) is 5.75 Å². The van der Waals surface area contributed by atoms with Crippen molar-refractivity contribution in [3.8, 4) is 17.6 Å². The van der Waals surface area contributed by atoms with Crippen LogP contribution in [0.15, 0.2) is 72.8 Å². The number of piperazine rings is 1. The number of ether oxygens (including phenoxy) is 1. The molecule has 1 fully saturated rings. The number of anilines is 1. The Morgan fingerprint density at radius 1 is 0.842 bits per heavy atom. The van der Waals surface area contributed by atoms with Gasteiger partial charge in [0.05, 0.1) is 12.2 Å². The molecule has 2 amide bonds. The van der Waals surface area contributed by atoms with E-state index in [1.54, 1.807) is 0 Å². The summed E-state index contributed by atoms with van der Waals surface area (Å²) in [4.78, 5) is 32.0. The molecule has 0 aromatic heterocycles. The van der Waals surface area contributed by atoms with E-state index in [1.807, 2.05) is 103 Å². The van der Waals surface area contributed by atoms with Gasteiger partial charge in [0, 0.05) is 61.6 Å². The van der Waals surface area contributed by atoms with Gasteiger partial charge in [0.15, 0.2) is 0 Å². The normalized spacial score (nSPS) is 12.9. The Kier molecular flexibility index (Phi) is 9.05. The smallest absolute Gasteiger partial charge is 0.255 e. The summed E-state index contributed by atoms with van der Waals surface area (Å²) < 4.78 is 5.57. The fourth-order valence-electron chi connectivity index (χ4n) is 4.59. The minimum atomic E-state index is -0.00205. The van der Waals surface area contributed by atoms with Gasteiger partial charge in [-0.1, -0.05) is 30.0 Å². The molecule has 0 saturated carbocycles. The van der Waals surface area contributed by atoms with Crippen LogP contribution >= 0.6 is 0 Å². The van der Waals surface area contributed by atoms with Crippen LogP contribution in [-0.2, 0) is 0 Å². The molecule has 0 unspecified atom stereocenters. The zero-order chi connectivity index (χ0) is 26.9. The number of nitrogens with zero attached hydrogens (tertiary/aromatic N) is 3. The second-order valence-electron chi connectivity index (χ2n) is 9.06. The summed E-state index contributed by atoms with van der Waals surface area (Å²) in [5.41, 5.74) is 3.95. The van der Waals surface area contributed by atoms with Gasteiger partial charge in [-0.3, -0.25) is 9.59 Å². The summed E-state index contributed by atoms with van der Waals surface area (Å²) in [5, 5.41) is 0. The maximum absolute atomic E-state index is 13.4. The maximum atomic E-state index is 13.4. The topological polar surface area (TPSA) is 53.1 Å². The minimum Gasteiger partial charge on any atom is -0.494 e. The van der Waals surface area contributed by atoms with E-state index in [0.29, 0.717) is 43.9 Å². The molecule has 1 saturated heterocycles. The Balaban J connectivity index is 1.41. The van der Waals surface area contributed by atoms with Crippen LogP contribution < -0.4 is 9.64 Å². The summed E-state index contributed by atoms with van der Waals surface area (Å²) in [6.45, 7) is 10.6. The zero-order valence-corrected chi connectivity index (χ0v) is 22.4. The number of carbonyl (C=O) groups is 2. The zero-order valence-electron chi connectivity index (χ0n) is 22.4. The highest BCUT2D eigenvalue weighted by Crippen LogP contribution is 2.20. The SMILES string of the molecule is CCOc1cccc(C#Cc2ccccc2C(=O)N2CCN(c3ccc(C(=O)N(CC)CC)cc3)CC2)c1. The molecule has 1 aliphatic heterocycles. The molecule has 6 nitrogen and oxygen atoms in total. The highest BCUT2D eigenvalue weighted by atomic mass is 16.5. The molecule has 38 heavy (non-hydrogen) atoms. The Morgan fingerprint density at radius 2 is 1.55 bits per heavy atom. The molecule has 1 aliphatic rings. The number of hydrogen-bond acceptors (Lipinski definition) is 4. The largest absolute Gasteiger partial charge is 0.494 e. The lowest BCUT2D eigenvalue weighted by molar-refractivity contribution is 0.0744. The molecular formula is C32H35N3O3. The second-order valence-corrected chi connectivity index (χ2v) is 9.06. The molecule has 0 N–H and O–H groups in total. The van der Waals surface area contributed by atoms with Crippen LogP contribution in [0, 0.1) is 11.8 Å². The molecule has 0 spiro atoms. The Bertz CT molecular complexity index is 1310. The lowest BCUT2D eigenvalue weighted by atomic mass is 10.1. The molecule has 1 heterocycles. The van der Waals surface area contributed by atoms with E-state index < -0.39 is 0 Å². The van der Waals surface area contributed by atoms with Crippen LogP contribution in [0.4, 0.5) is 5.69 Å². The van der Waals surface area contributed by atoms with Gasteiger partial charge < -0.3 is 19.4 Å². The average Bonchev–Trinajstić information content (AvgIpc) is 2.97. The number of rotatable bonds is 7. The molecule has 0 aliphatic carbocycles. The highest BCUT2D eigenvalue weighted by molar-refractivity contribution is 5.97. The maximum Gasteiger partial charge on any atom is 0.255 e. The van der Waals surface area contributed by atoms with Crippen LogP contribution in [0.3, 0.4) is 0 Å². The number of benzene rings is 3. The quantitative estimate of drug-likeness (QED) is 0.424. The molecule has 4 rings (SSSR count). The van der Waals surface area contributed by atoms with Crippen LogP contribution in [0.2, 0.25) is 0 Å². The van der Waals surface area contributed by atoms with E-state index in [1.165, 1.54) is 0 Å². The predicted molar refractivity (Wildman–Crippen MR) is 152 cm³/mol. The molecule has 6 heteroatoms. The van der Waals surface area contributed by atoms with Crippen molar-refractivity contribution in [1.29, 1.82) is 0 Å². The average molecular weight is 510 g/mol. The van der Waals surface area contributed by atoms with E-state index in [9.17, 15) is 9.59 Å². The van der Waals surface area contributed by atoms with E-state index >= 15 is 0 Å². The second kappa shape index (κ2) is 12.8. The van der Waals surface area contributed by atoms with Crippen molar-refractivity contribution in [3.05, 3.63) is 95.1 Å². The van der Waals surface area contributed by atoms with Gasteiger partial charge in [-0.05, 0) is 75.4 Å². The lowest BCUT2D eigenvalue weighted by Crippen LogP contribution is -2.49. The van der Waals surface area contributed by atoms with Gasteiger partial charge in [-0.25, -0.2) is 0 Å². The Morgan fingerprint density at radius 3 is 2.24 bits per heavy atom. The van der Waals surface area contributed by atoms with Gasteiger partial charge in [0.25, 0.3) is 11.8 Å². The van der Waals surface area contributed by atoms with Crippen LogP contribution in [0.25, 0.3) is 0 Å². The summed E-state index contributed by atoms with van der Waals surface area (Å²) >= 11 is 0. The van der Waals surface area contributed by atoms with Crippen molar-refractivity contribution < 1.29 is 14.3 Å². The Hall–Kier alpha value is -4.24. The first kappa shape index (κ1) is 26.8. The number of carbonyl (C=O) groups excluding carboxylic acids is 2. The first-order chi connectivity index (χ1) is 18.5. The molecule has 0 radical (unpaired) electrons. The molecule has 196 valence electrons. The standard InChI is InChI=1S/C32H35N3O3/c1-4-33(5-2)31(36)27-16-18-28(19-17-27)34-20-22-35(23-21-34)32(37)30-13-8-7-11-26(30)15-14-25-10-9-12-29(24-25)38-6-3/h7-13,16-19,24H,4-6,20-23H2,1-3H3. The summed E-state index contributed by atoms with van der Waals surface area (Å²) in [7, 11) is 0. The summed E-state index contributed by atoms with van der Waals surface area (Å²) in [6, 6.07) is 23.0. The van der Waals surface area contributed by atoms with Crippen molar-refractivity contribution >= 4 is 17.5 Å². The van der Waals surface area contributed by atoms with E-state index in [4.69, 9.17) is 4.74 Å². The van der Waals surface area contributed by atoms with Gasteiger partial charge in [0.1, 0.15) is 5.75 Å². The first-order valence-electron chi connectivity index (χ1n) is 13.3. The van der Waals surface area contributed by atoms with Crippen molar-refractivity contribution in [2.45, 2.75) is 20.8 Å². The van der Waals surface area contributed by atoms with Gasteiger partial charge in [-0.2, -0.15) is 0 Å². The van der Waals surface area contributed by atoms with Gasteiger partial charge >= 0.3 is 0 Å². The predicted octanol–water partition coefficient (Wildman–Crippen LogP) is 4.93. The molecule has 3 aromatic carbocycles. The van der Waals surface area contributed by atoms with Gasteiger partial charge in [0.2, 0.25) is 0 Å². The molecule has 0 bridgehead atoms. The minimum absolute atomic E-state index is 0.00205. The van der Waals surface area contributed by atoms with E-state index in [-0.39, 0.29) is 11.8 Å². The fraction of sp³-hybridized carbons (Fsp3) is 0.312. The summed E-state index contributed by atoms with van der Waals surface area (Å²) in [5.74, 6) is 7.21. The van der Waals surface area contributed by atoms with Gasteiger partial charge in [-0.15, -0.1) is 0 Å². The molecule has 0 atom stereocenters. The van der Waals surface area contributed by atoms with E-state index in [2.05, 4.69) is 16.7 Å². The van der Waals surface area contributed by atoms with Crippen LogP contribution in [0.1, 0.15) is 52.6 Å². The van der Waals surface area contributed by atoms with E-state index in [0.717, 1.165) is 35.7 Å². The lowest BCUT2D eigenvalue weighted by Gasteiger charge is -2.36. The molecular weight excluding hydrogens is 474 g/mol. The Labute approximate surface area is 225 Å². The number of amides is 2.